The normalized spacial score (nSPS) is 14.3. The molecule has 1 N–H and O–H groups in total. The van der Waals surface area contributed by atoms with Gasteiger partial charge in [0.2, 0.25) is 0 Å². The third kappa shape index (κ3) is 5.73. The van der Waals surface area contributed by atoms with E-state index in [1.54, 1.807) is 11.9 Å². The number of rotatable bonds is 4. The minimum Gasteiger partial charge on any atom is -0.395 e. The molecule has 3 heteroatoms. The average molecular weight is 135 g/mol. The molecule has 0 aliphatic carbocycles. The predicted molar refractivity (Wildman–Crippen MR) is 35.2 cm³/mol. The Morgan fingerprint density at radius 3 is 2.56 bits per heavy atom. The number of hydrogen-bond donors (Lipinski definition) is 1. The number of alkyl halides is 1. The second-order valence-corrected chi connectivity index (χ2v) is 2.27. The first-order valence-electron chi connectivity index (χ1n) is 3.10. The number of nitrogens with zero attached hydrogens (tertiary/aromatic N) is 1. The number of aliphatic hydroxyl groups is 1. The number of likely N-dealkylation sites (N-methyl/N-ethyl adjacent to an activating group) is 1. The lowest BCUT2D eigenvalue weighted by molar-refractivity contribution is 0.187. The summed E-state index contributed by atoms with van der Waals surface area (Å²) in [6.45, 7) is 2.56. The zero-order valence-electron chi connectivity index (χ0n) is 5.97. The highest BCUT2D eigenvalue weighted by Gasteiger charge is 2.01. The molecule has 0 heterocycles. The third-order valence-corrected chi connectivity index (χ3v) is 1.04. The zero-order valence-corrected chi connectivity index (χ0v) is 5.97. The number of halogens is 1. The van der Waals surface area contributed by atoms with Crippen molar-refractivity contribution in [3.8, 4) is 0 Å². The fraction of sp³-hybridized carbons (Fsp3) is 1.00. The molecular weight excluding hydrogens is 121 g/mol. The molecule has 2 nitrogen and oxygen atoms in total. The first kappa shape index (κ1) is 8.85. The van der Waals surface area contributed by atoms with E-state index in [0.29, 0.717) is 13.1 Å². The summed E-state index contributed by atoms with van der Waals surface area (Å²) in [5, 5.41) is 8.39. The van der Waals surface area contributed by atoms with Crippen molar-refractivity contribution in [1.82, 2.24) is 4.90 Å². The molecule has 0 fully saturated rings. The largest absolute Gasteiger partial charge is 0.395 e. The van der Waals surface area contributed by atoms with E-state index in [2.05, 4.69) is 0 Å². The van der Waals surface area contributed by atoms with Gasteiger partial charge in [0.05, 0.1) is 6.61 Å². The van der Waals surface area contributed by atoms with Crippen LogP contribution in [0, 0.1) is 0 Å². The first-order valence-corrected chi connectivity index (χ1v) is 3.10. The summed E-state index contributed by atoms with van der Waals surface area (Å²) >= 11 is 0. The Labute approximate surface area is 55.3 Å². The van der Waals surface area contributed by atoms with Crippen molar-refractivity contribution < 1.29 is 9.50 Å². The van der Waals surface area contributed by atoms with E-state index in [9.17, 15) is 4.39 Å². The van der Waals surface area contributed by atoms with E-state index in [4.69, 9.17) is 5.11 Å². The molecule has 0 aromatic carbocycles. The Bertz CT molecular complexity index is 68.1. The van der Waals surface area contributed by atoms with Crippen molar-refractivity contribution in [2.24, 2.45) is 0 Å². The Hall–Kier alpha value is -0.150. The summed E-state index contributed by atoms with van der Waals surface area (Å²) < 4.78 is 12.2. The van der Waals surface area contributed by atoms with Gasteiger partial charge in [0, 0.05) is 13.1 Å². The van der Waals surface area contributed by atoms with E-state index in [1.165, 1.54) is 6.92 Å². The first-order chi connectivity index (χ1) is 4.16. The highest BCUT2D eigenvalue weighted by molar-refractivity contribution is 4.54. The van der Waals surface area contributed by atoms with Crippen molar-refractivity contribution >= 4 is 0 Å². The number of aliphatic hydroxyl groups excluding tert-OH is 1. The van der Waals surface area contributed by atoms with Crippen molar-refractivity contribution in [3.05, 3.63) is 0 Å². The third-order valence-electron chi connectivity index (χ3n) is 1.04. The molecule has 0 spiro atoms. The van der Waals surface area contributed by atoms with Gasteiger partial charge in [0.25, 0.3) is 0 Å². The molecule has 0 amide bonds. The van der Waals surface area contributed by atoms with Gasteiger partial charge in [-0.15, -0.1) is 0 Å². The molecule has 1 atom stereocenters. The summed E-state index contributed by atoms with van der Waals surface area (Å²) in [6, 6.07) is 0. The van der Waals surface area contributed by atoms with E-state index in [1.807, 2.05) is 0 Å². The fourth-order valence-electron chi connectivity index (χ4n) is 0.691. The van der Waals surface area contributed by atoms with Crippen molar-refractivity contribution in [1.29, 1.82) is 0 Å². The lowest BCUT2D eigenvalue weighted by Crippen LogP contribution is -2.27. The summed E-state index contributed by atoms with van der Waals surface area (Å²) in [5.41, 5.74) is 0. The fourth-order valence-corrected chi connectivity index (χ4v) is 0.691. The van der Waals surface area contributed by atoms with Crippen LogP contribution in [0.15, 0.2) is 0 Å². The van der Waals surface area contributed by atoms with Gasteiger partial charge < -0.3 is 10.0 Å². The second kappa shape index (κ2) is 4.70. The Morgan fingerprint density at radius 2 is 2.22 bits per heavy atom. The lowest BCUT2D eigenvalue weighted by atomic mass is 10.4. The maximum atomic E-state index is 12.2. The molecule has 0 bridgehead atoms. The molecule has 9 heavy (non-hydrogen) atoms. The van der Waals surface area contributed by atoms with Crippen molar-refractivity contribution in [3.63, 3.8) is 0 Å². The summed E-state index contributed by atoms with van der Waals surface area (Å²) in [6.07, 6.45) is -0.804. The van der Waals surface area contributed by atoms with Crippen LogP contribution < -0.4 is 0 Å². The van der Waals surface area contributed by atoms with Gasteiger partial charge in [0.1, 0.15) is 6.17 Å². The van der Waals surface area contributed by atoms with Gasteiger partial charge in [-0.2, -0.15) is 0 Å². The van der Waals surface area contributed by atoms with Crippen LogP contribution in [-0.4, -0.2) is 42.9 Å². The maximum absolute atomic E-state index is 12.2. The standard InChI is InChI=1S/C6H14FNO/c1-6(7)5-8(2)3-4-9/h6,9H,3-5H2,1-2H3. The molecule has 0 saturated heterocycles. The number of hydrogen-bond acceptors (Lipinski definition) is 2. The molecule has 56 valence electrons. The summed E-state index contributed by atoms with van der Waals surface area (Å²) in [5.74, 6) is 0. The van der Waals surface area contributed by atoms with Gasteiger partial charge in [0.15, 0.2) is 0 Å². The smallest absolute Gasteiger partial charge is 0.110 e. The molecule has 0 aromatic heterocycles. The van der Waals surface area contributed by atoms with Gasteiger partial charge in [-0.05, 0) is 14.0 Å². The monoisotopic (exact) mass is 135 g/mol. The highest BCUT2D eigenvalue weighted by Crippen LogP contribution is 1.90. The SMILES string of the molecule is CC(F)CN(C)CCO. The molecule has 0 aliphatic heterocycles. The van der Waals surface area contributed by atoms with E-state index >= 15 is 0 Å². The van der Waals surface area contributed by atoms with Crippen LogP contribution in [0.5, 0.6) is 0 Å². The summed E-state index contributed by atoms with van der Waals surface area (Å²) in [4.78, 5) is 1.75. The Morgan fingerprint density at radius 1 is 1.67 bits per heavy atom. The lowest BCUT2D eigenvalue weighted by Gasteiger charge is -2.14. The topological polar surface area (TPSA) is 23.5 Å². The summed E-state index contributed by atoms with van der Waals surface area (Å²) in [7, 11) is 1.78. The van der Waals surface area contributed by atoms with Crippen LogP contribution in [0.25, 0.3) is 0 Å². The van der Waals surface area contributed by atoms with Crippen molar-refractivity contribution in [2.75, 3.05) is 26.7 Å². The molecule has 1 unspecified atom stereocenters. The molecule has 0 aromatic rings. The van der Waals surface area contributed by atoms with Crippen LogP contribution in [0.3, 0.4) is 0 Å². The Kier molecular flexibility index (Phi) is 4.62. The van der Waals surface area contributed by atoms with Crippen LogP contribution in [0.2, 0.25) is 0 Å². The van der Waals surface area contributed by atoms with Crippen LogP contribution in [-0.2, 0) is 0 Å². The van der Waals surface area contributed by atoms with E-state index in [-0.39, 0.29) is 6.61 Å². The van der Waals surface area contributed by atoms with E-state index in [0.717, 1.165) is 0 Å². The quantitative estimate of drug-likeness (QED) is 0.598. The highest BCUT2D eigenvalue weighted by atomic mass is 19.1. The average Bonchev–Trinajstić information content (AvgIpc) is 1.63. The molecule has 0 radical (unpaired) electrons. The minimum atomic E-state index is -0.804. The second-order valence-electron chi connectivity index (χ2n) is 2.27. The predicted octanol–water partition coefficient (Wildman–Crippen LogP) is 0.269. The minimum absolute atomic E-state index is 0.100. The molecular formula is C6H14FNO. The van der Waals surface area contributed by atoms with Crippen LogP contribution in [0.4, 0.5) is 4.39 Å². The molecule has 0 rings (SSSR count). The van der Waals surface area contributed by atoms with Crippen molar-refractivity contribution in [2.45, 2.75) is 13.1 Å². The molecule has 0 saturated carbocycles. The van der Waals surface area contributed by atoms with Gasteiger partial charge in [-0.3, -0.25) is 0 Å². The van der Waals surface area contributed by atoms with Gasteiger partial charge in [-0.1, -0.05) is 0 Å². The van der Waals surface area contributed by atoms with Gasteiger partial charge >= 0.3 is 0 Å². The molecule has 0 aliphatic rings. The van der Waals surface area contributed by atoms with Gasteiger partial charge in [-0.25, -0.2) is 4.39 Å². The van der Waals surface area contributed by atoms with Crippen LogP contribution in [0.1, 0.15) is 6.92 Å². The maximum Gasteiger partial charge on any atom is 0.110 e. The van der Waals surface area contributed by atoms with Crippen LogP contribution >= 0.6 is 0 Å². The van der Waals surface area contributed by atoms with E-state index < -0.39 is 6.17 Å². The Balaban J connectivity index is 3.15. The zero-order chi connectivity index (χ0) is 7.28.